The molecule has 1 aromatic heterocycles. The molecule has 2 aromatic rings. The standard InChI is InChI=1S/C20H27N5O4/c1-15(16-6-5-7-18(12-16)29-4)22-8-10-23(11-9-22)19(26)20(2,3)24-14-17(13-21-24)25(27)28/h5-7,12-15H,8-11H2,1-4H3. The van der Waals surface area contributed by atoms with E-state index in [1.54, 1.807) is 21.0 Å². The van der Waals surface area contributed by atoms with Crippen molar-refractivity contribution in [3.63, 3.8) is 0 Å². The molecule has 156 valence electrons. The van der Waals surface area contributed by atoms with Crippen molar-refractivity contribution in [3.8, 4) is 5.75 Å². The van der Waals surface area contributed by atoms with Crippen LogP contribution in [0.2, 0.25) is 0 Å². The van der Waals surface area contributed by atoms with E-state index in [1.807, 2.05) is 23.1 Å². The van der Waals surface area contributed by atoms with Crippen molar-refractivity contribution in [1.82, 2.24) is 19.6 Å². The number of carbonyl (C=O) groups is 1. The molecule has 9 nitrogen and oxygen atoms in total. The van der Waals surface area contributed by atoms with Gasteiger partial charge in [0.25, 0.3) is 0 Å². The average Bonchev–Trinajstić information content (AvgIpc) is 3.24. The Bertz CT molecular complexity index is 887. The fourth-order valence-corrected chi connectivity index (χ4v) is 3.62. The molecular formula is C20H27N5O4. The number of hydrogen-bond acceptors (Lipinski definition) is 6. The van der Waals surface area contributed by atoms with E-state index in [-0.39, 0.29) is 17.6 Å². The van der Waals surface area contributed by atoms with Crippen molar-refractivity contribution in [1.29, 1.82) is 0 Å². The highest BCUT2D eigenvalue weighted by Crippen LogP contribution is 2.26. The predicted octanol–water partition coefficient (Wildman–Crippen LogP) is 2.44. The molecule has 2 heterocycles. The first-order chi connectivity index (χ1) is 13.7. The first-order valence-electron chi connectivity index (χ1n) is 9.61. The third kappa shape index (κ3) is 4.24. The van der Waals surface area contributed by atoms with Crippen LogP contribution in [0, 0.1) is 10.1 Å². The van der Waals surface area contributed by atoms with E-state index in [2.05, 4.69) is 23.0 Å². The predicted molar refractivity (Wildman–Crippen MR) is 108 cm³/mol. The van der Waals surface area contributed by atoms with Crippen molar-refractivity contribution in [2.75, 3.05) is 33.3 Å². The molecule has 1 atom stereocenters. The summed E-state index contributed by atoms with van der Waals surface area (Å²) in [6.45, 7) is 8.31. The largest absolute Gasteiger partial charge is 0.497 e. The Labute approximate surface area is 170 Å². The topological polar surface area (TPSA) is 93.7 Å². The molecule has 29 heavy (non-hydrogen) atoms. The highest BCUT2D eigenvalue weighted by molar-refractivity contribution is 5.83. The third-order valence-electron chi connectivity index (χ3n) is 5.60. The van der Waals surface area contributed by atoms with E-state index >= 15 is 0 Å². The van der Waals surface area contributed by atoms with Gasteiger partial charge in [-0.25, -0.2) is 0 Å². The van der Waals surface area contributed by atoms with Gasteiger partial charge < -0.3 is 9.64 Å². The van der Waals surface area contributed by atoms with Crippen molar-refractivity contribution in [3.05, 3.63) is 52.3 Å². The van der Waals surface area contributed by atoms with Gasteiger partial charge in [0.05, 0.1) is 12.0 Å². The number of methoxy groups -OCH3 is 1. The summed E-state index contributed by atoms with van der Waals surface area (Å²) in [5.74, 6) is 0.738. The number of aromatic nitrogens is 2. The van der Waals surface area contributed by atoms with Crippen LogP contribution in [0.4, 0.5) is 5.69 Å². The van der Waals surface area contributed by atoms with Gasteiger partial charge in [0.2, 0.25) is 5.91 Å². The molecule has 0 spiro atoms. The molecule has 0 radical (unpaired) electrons. The lowest BCUT2D eigenvalue weighted by atomic mass is 10.0. The highest BCUT2D eigenvalue weighted by Gasteiger charge is 2.37. The second-order valence-electron chi connectivity index (χ2n) is 7.74. The maximum Gasteiger partial charge on any atom is 0.307 e. The minimum absolute atomic E-state index is 0.0934. The van der Waals surface area contributed by atoms with Crippen LogP contribution in [0.3, 0.4) is 0 Å². The number of rotatable bonds is 6. The lowest BCUT2D eigenvalue weighted by Gasteiger charge is -2.40. The van der Waals surface area contributed by atoms with Crippen molar-refractivity contribution in [2.24, 2.45) is 0 Å². The second-order valence-corrected chi connectivity index (χ2v) is 7.74. The Balaban J connectivity index is 1.64. The van der Waals surface area contributed by atoms with E-state index in [9.17, 15) is 14.9 Å². The Hall–Kier alpha value is -2.94. The number of carbonyl (C=O) groups excluding carboxylic acids is 1. The Morgan fingerprint density at radius 3 is 2.55 bits per heavy atom. The molecule has 0 bridgehead atoms. The monoisotopic (exact) mass is 401 g/mol. The molecule has 1 aliphatic heterocycles. The van der Waals surface area contributed by atoms with Gasteiger partial charge in [0.1, 0.15) is 23.7 Å². The molecule has 1 saturated heterocycles. The van der Waals surface area contributed by atoms with Gasteiger partial charge in [0.15, 0.2) is 0 Å². The lowest BCUT2D eigenvalue weighted by molar-refractivity contribution is -0.385. The summed E-state index contributed by atoms with van der Waals surface area (Å²) in [7, 11) is 1.66. The van der Waals surface area contributed by atoms with Gasteiger partial charge in [-0.3, -0.25) is 24.5 Å². The zero-order valence-corrected chi connectivity index (χ0v) is 17.2. The molecule has 0 saturated carbocycles. The fraction of sp³-hybridized carbons (Fsp3) is 0.500. The van der Waals surface area contributed by atoms with E-state index < -0.39 is 10.5 Å². The molecule has 0 N–H and O–H groups in total. The molecule has 9 heteroatoms. The van der Waals surface area contributed by atoms with Gasteiger partial charge >= 0.3 is 5.69 Å². The van der Waals surface area contributed by atoms with Crippen LogP contribution < -0.4 is 4.74 Å². The summed E-state index contributed by atoms with van der Waals surface area (Å²) < 4.78 is 6.69. The van der Waals surface area contributed by atoms with Crippen molar-refractivity contribution < 1.29 is 14.5 Å². The van der Waals surface area contributed by atoms with E-state index in [0.29, 0.717) is 13.1 Å². The van der Waals surface area contributed by atoms with Crippen LogP contribution in [-0.4, -0.2) is 63.7 Å². The van der Waals surface area contributed by atoms with Crippen LogP contribution in [-0.2, 0) is 10.3 Å². The maximum absolute atomic E-state index is 13.1. The van der Waals surface area contributed by atoms with Gasteiger partial charge in [0, 0.05) is 32.2 Å². The number of piperazine rings is 1. The van der Waals surface area contributed by atoms with Gasteiger partial charge in [-0.05, 0) is 38.5 Å². The highest BCUT2D eigenvalue weighted by atomic mass is 16.6. The number of nitrogens with zero attached hydrogens (tertiary/aromatic N) is 5. The summed E-state index contributed by atoms with van der Waals surface area (Å²) in [5, 5.41) is 14.9. The zero-order chi connectivity index (χ0) is 21.2. The number of ether oxygens (including phenoxy) is 1. The molecule has 1 aliphatic rings. The molecule has 3 rings (SSSR count). The summed E-state index contributed by atoms with van der Waals surface area (Å²) in [6.07, 6.45) is 2.47. The van der Waals surface area contributed by atoms with Crippen LogP contribution >= 0.6 is 0 Å². The molecule has 1 amide bonds. The lowest BCUT2D eigenvalue weighted by Crippen LogP contribution is -2.55. The first kappa shape index (κ1) is 20.8. The van der Waals surface area contributed by atoms with Crippen LogP contribution in [0.15, 0.2) is 36.7 Å². The summed E-state index contributed by atoms with van der Waals surface area (Å²) in [5.41, 5.74) is 0.0607. The summed E-state index contributed by atoms with van der Waals surface area (Å²) >= 11 is 0. The van der Waals surface area contributed by atoms with Crippen LogP contribution in [0.25, 0.3) is 0 Å². The van der Waals surface area contributed by atoms with Gasteiger partial charge in [-0.15, -0.1) is 0 Å². The normalized spacial score (nSPS) is 16.5. The summed E-state index contributed by atoms with van der Waals surface area (Å²) in [6, 6.07) is 8.24. The number of benzene rings is 1. The second kappa shape index (κ2) is 8.20. The Kier molecular flexibility index (Phi) is 5.88. The van der Waals surface area contributed by atoms with Crippen molar-refractivity contribution >= 4 is 11.6 Å². The third-order valence-corrected chi connectivity index (χ3v) is 5.60. The Morgan fingerprint density at radius 1 is 1.28 bits per heavy atom. The molecular weight excluding hydrogens is 374 g/mol. The molecule has 0 aliphatic carbocycles. The van der Waals surface area contributed by atoms with Crippen LogP contribution in [0.5, 0.6) is 5.75 Å². The first-order valence-corrected chi connectivity index (χ1v) is 9.61. The SMILES string of the molecule is COc1cccc(C(C)N2CCN(C(=O)C(C)(C)n3cc([N+](=O)[O-])cn3)CC2)c1. The average molecular weight is 401 g/mol. The minimum atomic E-state index is -0.991. The van der Waals surface area contributed by atoms with E-state index in [0.717, 1.165) is 18.8 Å². The van der Waals surface area contributed by atoms with Gasteiger partial charge in [-0.2, -0.15) is 5.10 Å². The molecule has 1 fully saturated rings. The van der Waals surface area contributed by atoms with Crippen molar-refractivity contribution in [2.45, 2.75) is 32.4 Å². The maximum atomic E-state index is 13.1. The molecule has 1 unspecified atom stereocenters. The van der Waals surface area contributed by atoms with E-state index in [4.69, 9.17) is 4.74 Å². The fourth-order valence-electron chi connectivity index (χ4n) is 3.62. The molecule has 1 aromatic carbocycles. The summed E-state index contributed by atoms with van der Waals surface area (Å²) in [4.78, 5) is 27.6. The minimum Gasteiger partial charge on any atom is -0.497 e. The number of hydrogen-bond donors (Lipinski definition) is 0. The Morgan fingerprint density at radius 2 is 1.97 bits per heavy atom. The van der Waals surface area contributed by atoms with E-state index in [1.165, 1.54) is 22.6 Å². The van der Waals surface area contributed by atoms with Gasteiger partial charge in [-0.1, -0.05) is 12.1 Å². The number of nitro groups is 1. The quantitative estimate of drug-likeness (QED) is 0.545. The van der Waals surface area contributed by atoms with Crippen LogP contribution in [0.1, 0.15) is 32.4 Å². The smallest absolute Gasteiger partial charge is 0.307 e. The zero-order valence-electron chi connectivity index (χ0n) is 17.2. The number of amides is 1.